The van der Waals surface area contributed by atoms with Gasteiger partial charge < -0.3 is 15.2 Å². The molecule has 1 amide bonds. The summed E-state index contributed by atoms with van der Waals surface area (Å²) < 4.78 is 5.91. The first-order valence-corrected chi connectivity index (χ1v) is 8.21. The van der Waals surface area contributed by atoms with Crippen LogP contribution >= 0.6 is 15.9 Å². The van der Waals surface area contributed by atoms with Gasteiger partial charge in [-0.15, -0.1) is 0 Å². The minimum absolute atomic E-state index is 0.0926. The number of rotatable bonds is 6. The first kappa shape index (κ1) is 18.2. The van der Waals surface area contributed by atoms with E-state index in [1.165, 1.54) is 0 Å². The van der Waals surface area contributed by atoms with Gasteiger partial charge in [-0.2, -0.15) is 0 Å². The van der Waals surface area contributed by atoms with Crippen LogP contribution in [0.15, 0.2) is 53.0 Å². The Balaban J connectivity index is 1.86. The molecule has 0 spiro atoms. The minimum Gasteiger partial charge on any atom is -0.452 e. The van der Waals surface area contributed by atoms with Crippen LogP contribution in [-0.4, -0.2) is 23.6 Å². The van der Waals surface area contributed by atoms with E-state index in [-0.39, 0.29) is 25.2 Å². The molecule has 5 nitrogen and oxygen atoms in total. The number of hydrogen-bond acceptors (Lipinski definition) is 4. The van der Waals surface area contributed by atoms with Crippen LogP contribution in [0.1, 0.15) is 34.5 Å². The smallest absolute Gasteiger partial charge is 0.338 e. The Hall–Kier alpha value is -2.18. The normalized spacial score (nSPS) is 11.6. The van der Waals surface area contributed by atoms with E-state index in [0.717, 1.165) is 10.0 Å². The lowest BCUT2D eigenvalue weighted by molar-refractivity contribution is -0.124. The number of carbonyl (C=O) groups excluding carboxylic acids is 2. The van der Waals surface area contributed by atoms with Crippen molar-refractivity contribution in [3.8, 4) is 0 Å². The summed E-state index contributed by atoms with van der Waals surface area (Å²) in [5.74, 6) is -0.957. The first-order chi connectivity index (χ1) is 11.5. The van der Waals surface area contributed by atoms with Gasteiger partial charge in [0.25, 0.3) is 5.91 Å². The van der Waals surface area contributed by atoms with Crippen LogP contribution in [0.5, 0.6) is 0 Å². The molecule has 6 heteroatoms. The van der Waals surface area contributed by atoms with Gasteiger partial charge in [-0.25, -0.2) is 4.79 Å². The van der Waals surface area contributed by atoms with E-state index in [0.29, 0.717) is 11.1 Å². The molecule has 0 aliphatic rings. The van der Waals surface area contributed by atoms with Crippen molar-refractivity contribution >= 4 is 27.8 Å². The van der Waals surface area contributed by atoms with Crippen molar-refractivity contribution < 1.29 is 19.4 Å². The fraction of sp³-hybridized carbons (Fsp3) is 0.222. The lowest BCUT2D eigenvalue weighted by Gasteiger charge is -2.15. The van der Waals surface area contributed by atoms with Crippen LogP contribution < -0.4 is 5.32 Å². The van der Waals surface area contributed by atoms with Crippen LogP contribution in [-0.2, 0) is 16.1 Å². The number of amides is 1. The van der Waals surface area contributed by atoms with Crippen LogP contribution in [0.25, 0.3) is 0 Å². The molecule has 0 fully saturated rings. The van der Waals surface area contributed by atoms with Gasteiger partial charge in [0.1, 0.15) is 0 Å². The molecule has 2 rings (SSSR count). The molecule has 0 aromatic heterocycles. The van der Waals surface area contributed by atoms with Crippen LogP contribution in [0.3, 0.4) is 0 Å². The number of nitrogens with one attached hydrogen (secondary N) is 1. The topological polar surface area (TPSA) is 75.6 Å². The second-order valence-corrected chi connectivity index (χ2v) is 6.10. The van der Waals surface area contributed by atoms with Crippen molar-refractivity contribution in [1.29, 1.82) is 0 Å². The van der Waals surface area contributed by atoms with E-state index >= 15 is 0 Å². The fourth-order valence-corrected chi connectivity index (χ4v) is 2.78. The average molecular weight is 392 g/mol. The highest BCUT2D eigenvalue weighted by molar-refractivity contribution is 9.10. The van der Waals surface area contributed by atoms with Gasteiger partial charge in [0.2, 0.25) is 0 Å². The van der Waals surface area contributed by atoms with Crippen LogP contribution in [0.2, 0.25) is 0 Å². The molecule has 126 valence electrons. The maximum Gasteiger partial charge on any atom is 0.338 e. The second-order valence-electron chi connectivity index (χ2n) is 5.24. The number of benzene rings is 2. The van der Waals surface area contributed by atoms with E-state index < -0.39 is 5.97 Å². The van der Waals surface area contributed by atoms with Crippen LogP contribution in [0.4, 0.5) is 0 Å². The van der Waals surface area contributed by atoms with Crippen molar-refractivity contribution in [2.45, 2.75) is 19.6 Å². The predicted molar refractivity (Wildman–Crippen MR) is 93.3 cm³/mol. The molecule has 0 aliphatic heterocycles. The number of esters is 1. The minimum atomic E-state index is -0.580. The average Bonchev–Trinajstić information content (AvgIpc) is 2.60. The Morgan fingerprint density at radius 2 is 1.83 bits per heavy atom. The highest BCUT2D eigenvalue weighted by atomic mass is 79.9. The summed E-state index contributed by atoms with van der Waals surface area (Å²) in [6, 6.07) is 13.7. The van der Waals surface area contributed by atoms with Crippen molar-refractivity contribution in [2.24, 2.45) is 0 Å². The van der Waals surface area contributed by atoms with Gasteiger partial charge in [-0.05, 0) is 36.2 Å². The monoisotopic (exact) mass is 391 g/mol. The standard InChI is InChI=1S/C18H18BrNO4/c1-12(15-4-2-3-5-16(15)19)20-17(22)11-24-18(23)14-8-6-13(10-21)7-9-14/h2-9,12,21H,10-11H2,1H3,(H,20,22)/t12-/m1/s1. The highest BCUT2D eigenvalue weighted by Crippen LogP contribution is 2.22. The largest absolute Gasteiger partial charge is 0.452 e. The lowest BCUT2D eigenvalue weighted by Crippen LogP contribution is -2.31. The molecule has 2 aromatic carbocycles. The molecule has 2 aromatic rings. The lowest BCUT2D eigenvalue weighted by atomic mass is 10.1. The number of carbonyl (C=O) groups is 2. The Labute approximate surface area is 148 Å². The van der Waals surface area contributed by atoms with Gasteiger partial charge in [-0.1, -0.05) is 46.3 Å². The third-order valence-corrected chi connectivity index (χ3v) is 4.18. The number of hydrogen-bond donors (Lipinski definition) is 2. The summed E-state index contributed by atoms with van der Waals surface area (Å²) in [6.45, 7) is 1.41. The molecular weight excluding hydrogens is 374 g/mol. The Bertz CT molecular complexity index is 715. The van der Waals surface area contributed by atoms with Gasteiger partial charge in [0.05, 0.1) is 18.2 Å². The molecule has 2 N–H and O–H groups in total. The summed E-state index contributed by atoms with van der Waals surface area (Å²) in [7, 11) is 0. The summed E-state index contributed by atoms with van der Waals surface area (Å²) in [4.78, 5) is 23.8. The number of halogens is 1. The zero-order chi connectivity index (χ0) is 17.5. The van der Waals surface area contributed by atoms with E-state index in [1.54, 1.807) is 24.3 Å². The van der Waals surface area contributed by atoms with E-state index in [2.05, 4.69) is 21.2 Å². The predicted octanol–water partition coefficient (Wildman–Crippen LogP) is 2.98. The van der Waals surface area contributed by atoms with Gasteiger partial charge in [0.15, 0.2) is 6.61 Å². The first-order valence-electron chi connectivity index (χ1n) is 7.42. The van der Waals surface area contributed by atoms with Crippen molar-refractivity contribution in [1.82, 2.24) is 5.32 Å². The van der Waals surface area contributed by atoms with Crippen molar-refractivity contribution in [2.75, 3.05) is 6.61 Å². The molecule has 24 heavy (non-hydrogen) atoms. The van der Waals surface area contributed by atoms with Gasteiger partial charge >= 0.3 is 5.97 Å². The van der Waals surface area contributed by atoms with Crippen molar-refractivity contribution in [3.63, 3.8) is 0 Å². The number of ether oxygens (including phenoxy) is 1. The molecule has 0 unspecified atom stereocenters. The summed E-state index contributed by atoms with van der Waals surface area (Å²) in [5, 5.41) is 11.8. The molecule has 0 radical (unpaired) electrons. The third-order valence-electron chi connectivity index (χ3n) is 3.46. The molecular formula is C18H18BrNO4. The molecule has 0 heterocycles. The fourth-order valence-electron chi connectivity index (χ4n) is 2.15. The second kappa shape index (κ2) is 8.61. The molecule has 0 saturated heterocycles. The Morgan fingerprint density at radius 3 is 2.46 bits per heavy atom. The Kier molecular flexibility index (Phi) is 6.52. The zero-order valence-corrected chi connectivity index (χ0v) is 14.7. The number of aliphatic hydroxyl groups is 1. The highest BCUT2D eigenvalue weighted by Gasteiger charge is 2.14. The zero-order valence-electron chi connectivity index (χ0n) is 13.2. The van der Waals surface area contributed by atoms with E-state index in [9.17, 15) is 9.59 Å². The maximum absolute atomic E-state index is 11.9. The molecule has 1 atom stereocenters. The van der Waals surface area contributed by atoms with Gasteiger partial charge in [-0.3, -0.25) is 4.79 Å². The molecule has 0 aliphatic carbocycles. The quantitative estimate of drug-likeness (QED) is 0.742. The molecule has 0 saturated carbocycles. The van der Waals surface area contributed by atoms with E-state index in [1.807, 2.05) is 31.2 Å². The Morgan fingerprint density at radius 1 is 1.17 bits per heavy atom. The summed E-state index contributed by atoms with van der Waals surface area (Å²) in [5.41, 5.74) is 1.97. The van der Waals surface area contributed by atoms with Gasteiger partial charge in [0, 0.05) is 4.47 Å². The SMILES string of the molecule is C[C@@H](NC(=O)COC(=O)c1ccc(CO)cc1)c1ccccc1Br. The van der Waals surface area contributed by atoms with Crippen LogP contribution in [0, 0.1) is 0 Å². The van der Waals surface area contributed by atoms with Crippen molar-refractivity contribution in [3.05, 3.63) is 69.7 Å². The summed E-state index contributed by atoms with van der Waals surface area (Å²) in [6.07, 6.45) is 0. The third kappa shape index (κ3) is 4.91. The van der Waals surface area contributed by atoms with E-state index in [4.69, 9.17) is 9.84 Å². The molecule has 0 bridgehead atoms. The maximum atomic E-state index is 11.9. The summed E-state index contributed by atoms with van der Waals surface area (Å²) >= 11 is 3.44. The number of aliphatic hydroxyl groups excluding tert-OH is 1.